The van der Waals surface area contributed by atoms with Gasteiger partial charge in [0.15, 0.2) is 5.76 Å². The minimum atomic E-state index is -0.129. The Kier molecular flexibility index (Phi) is 5.81. The number of rotatable bonds is 7. The molecule has 1 amide bonds. The summed E-state index contributed by atoms with van der Waals surface area (Å²) in [5.74, 6) is 0.958. The number of amides is 1. The van der Waals surface area contributed by atoms with Gasteiger partial charge < -0.3 is 9.73 Å². The number of carbonyl (C=O) groups is 1. The second-order valence-corrected chi connectivity index (χ2v) is 8.02. The molecule has 0 saturated heterocycles. The molecule has 1 N–H and O–H groups in total. The standard InChI is InChI=1S/C19H22N2O2S2/c1-4-13(5-2)21-18(22)17-15(11-25-19-20-12(3)10-24-19)14-8-6-7-9-16(14)23-17/h6-10,13H,4-5,11H2,1-3H3,(H,21,22). The molecule has 4 nitrogen and oxygen atoms in total. The predicted molar refractivity (Wildman–Crippen MR) is 104 cm³/mol. The van der Waals surface area contributed by atoms with E-state index in [1.807, 2.05) is 36.6 Å². The molecule has 0 unspecified atom stereocenters. The molecule has 1 aromatic carbocycles. The van der Waals surface area contributed by atoms with E-state index < -0.39 is 0 Å². The summed E-state index contributed by atoms with van der Waals surface area (Å²) in [5, 5.41) is 6.12. The number of nitrogens with one attached hydrogen (secondary N) is 1. The summed E-state index contributed by atoms with van der Waals surface area (Å²) in [5.41, 5.74) is 2.72. The average molecular weight is 375 g/mol. The fraction of sp³-hybridized carbons (Fsp3) is 0.368. The molecule has 0 aliphatic carbocycles. The van der Waals surface area contributed by atoms with Gasteiger partial charge in [0.05, 0.1) is 0 Å². The van der Waals surface area contributed by atoms with Gasteiger partial charge in [0, 0.05) is 33.8 Å². The van der Waals surface area contributed by atoms with Gasteiger partial charge in [-0.25, -0.2) is 4.98 Å². The van der Waals surface area contributed by atoms with Crippen LogP contribution in [0.2, 0.25) is 0 Å². The van der Waals surface area contributed by atoms with Crippen molar-refractivity contribution < 1.29 is 9.21 Å². The Morgan fingerprint density at radius 1 is 1.32 bits per heavy atom. The number of aryl methyl sites for hydroxylation is 1. The highest BCUT2D eigenvalue weighted by atomic mass is 32.2. The van der Waals surface area contributed by atoms with E-state index in [0.29, 0.717) is 11.5 Å². The molecule has 2 aromatic heterocycles. The van der Waals surface area contributed by atoms with Crippen LogP contribution in [0.3, 0.4) is 0 Å². The SMILES string of the molecule is CCC(CC)NC(=O)c1oc2ccccc2c1CSc1nc(C)cs1. The average Bonchev–Trinajstić information content (AvgIpc) is 3.21. The van der Waals surface area contributed by atoms with E-state index in [1.54, 1.807) is 23.1 Å². The van der Waals surface area contributed by atoms with Gasteiger partial charge in [0.2, 0.25) is 0 Å². The van der Waals surface area contributed by atoms with Crippen LogP contribution < -0.4 is 5.32 Å². The highest BCUT2D eigenvalue weighted by Crippen LogP contribution is 2.33. The van der Waals surface area contributed by atoms with E-state index >= 15 is 0 Å². The maximum atomic E-state index is 12.8. The maximum absolute atomic E-state index is 12.8. The van der Waals surface area contributed by atoms with Crippen LogP contribution in [0.15, 0.2) is 38.4 Å². The van der Waals surface area contributed by atoms with E-state index in [9.17, 15) is 4.79 Å². The van der Waals surface area contributed by atoms with Gasteiger partial charge in [0.1, 0.15) is 9.92 Å². The maximum Gasteiger partial charge on any atom is 0.287 e. The second-order valence-electron chi connectivity index (χ2n) is 5.94. The Morgan fingerprint density at radius 3 is 2.76 bits per heavy atom. The number of benzene rings is 1. The summed E-state index contributed by atoms with van der Waals surface area (Å²) in [4.78, 5) is 17.2. The summed E-state index contributed by atoms with van der Waals surface area (Å²) in [6, 6.07) is 7.99. The Hall–Kier alpha value is -1.79. The van der Waals surface area contributed by atoms with Crippen LogP contribution in [0, 0.1) is 6.92 Å². The van der Waals surface area contributed by atoms with Crippen molar-refractivity contribution in [1.82, 2.24) is 10.3 Å². The quantitative estimate of drug-likeness (QED) is 0.562. The zero-order chi connectivity index (χ0) is 17.8. The van der Waals surface area contributed by atoms with Crippen molar-refractivity contribution in [2.75, 3.05) is 0 Å². The Bertz CT molecular complexity index is 865. The first-order valence-corrected chi connectivity index (χ1v) is 10.3. The van der Waals surface area contributed by atoms with Gasteiger partial charge in [0.25, 0.3) is 5.91 Å². The largest absolute Gasteiger partial charge is 0.451 e. The number of fused-ring (bicyclic) bond motifs is 1. The van der Waals surface area contributed by atoms with E-state index in [1.165, 1.54) is 0 Å². The van der Waals surface area contributed by atoms with Crippen LogP contribution in [0.1, 0.15) is 48.5 Å². The first-order valence-electron chi connectivity index (χ1n) is 8.48. The Morgan fingerprint density at radius 2 is 2.08 bits per heavy atom. The van der Waals surface area contributed by atoms with Crippen molar-refractivity contribution in [2.24, 2.45) is 0 Å². The molecule has 25 heavy (non-hydrogen) atoms. The topological polar surface area (TPSA) is 55.1 Å². The summed E-state index contributed by atoms with van der Waals surface area (Å²) in [6.45, 7) is 6.14. The molecule has 0 atom stereocenters. The van der Waals surface area contributed by atoms with Crippen LogP contribution >= 0.6 is 23.1 Å². The van der Waals surface area contributed by atoms with Crippen LogP contribution in [0.5, 0.6) is 0 Å². The van der Waals surface area contributed by atoms with E-state index in [4.69, 9.17) is 4.42 Å². The van der Waals surface area contributed by atoms with Crippen LogP contribution in [0.25, 0.3) is 11.0 Å². The smallest absolute Gasteiger partial charge is 0.287 e. The lowest BCUT2D eigenvalue weighted by Crippen LogP contribution is -2.34. The molecule has 0 bridgehead atoms. The third-order valence-electron chi connectivity index (χ3n) is 4.16. The molecule has 0 radical (unpaired) electrons. The number of thiazole rings is 1. The molecule has 0 saturated carbocycles. The molecule has 3 rings (SSSR count). The summed E-state index contributed by atoms with van der Waals surface area (Å²) >= 11 is 3.27. The van der Waals surface area contributed by atoms with Crippen molar-refractivity contribution in [1.29, 1.82) is 0 Å². The van der Waals surface area contributed by atoms with Crippen LogP contribution in [-0.4, -0.2) is 16.9 Å². The number of furan rings is 1. The molecular formula is C19H22N2O2S2. The lowest BCUT2D eigenvalue weighted by molar-refractivity contribution is 0.0908. The summed E-state index contributed by atoms with van der Waals surface area (Å²) in [6.07, 6.45) is 1.82. The lowest BCUT2D eigenvalue weighted by atomic mass is 10.1. The third kappa shape index (κ3) is 4.07. The highest BCUT2D eigenvalue weighted by molar-refractivity contribution is 8.00. The van der Waals surface area contributed by atoms with Crippen LogP contribution in [-0.2, 0) is 5.75 Å². The van der Waals surface area contributed by atoms with Gasteiger partial charge in [-0.05, 0) is 25.8 Å². The number of aromatic nitrogens is 1. The van der Waals surface area contributed by atoms with E-state index in [2.05, 4.69) is 24.1 Å². The molecule has 2 heterocycles. The number of carbonyl (C=O) groups excluding carboxylic acids is 1. The van der Waals surface area contributed by atoms with E-state index in [0.717, 1.165) is 39.4 Å². The molecule has 0 aliphatic heterocycles. The third-order valence-corrected chi connectivity index (χ3v) is 6.33. The molecule has 0 fully saturated rings. The Balaban J connectivity index is 1.89. The number of thioether (sulfide) groups is 1. The van der Waals surface area contributed by atoms with E-state index in [-0.39, 0.29) is 11.9 Å². The number of hydrogen-bond donors (Lipinski definition) is 1. The number of hydrogen-bond acceptors (Lipinski definition) is 5. The van der Waals surface area contributed by atoms with Crippen molar-refractivity contribution in [2.45, 2.75) is 49.7 Å². The minimum absolute atomic E-state index is 0.129. The van der Waals surface area contributed by atoms with Crippen molar-refractivity contribution in [3.05, 3.63) is 46.7 Å². The molecule has 3 aromatic rings. The molecule has 0 spiro atoms. The fourth-order valence-corrected chi connectivity index (χ4v) is 4.58. The Labute approximate surface area is 156 Å². The van der Waals surface area contributed by atoms with Gasteiger partial charge in [-0.15, -0.1) is 11.3 Å². The van der Waals surface area contributed by atoms with Gasteiger partial charge >= 0.3 is 0 Å². The molecule has 0 aliphatic rings. The summed E-state index contributed by atoms with van der Waals surface area (Å²) in [7, 11) is 0. The van der Waals surface area contributed by atoms with Crippen molar-refractivity contribution >= 4 is 40.0 Å². The first kappa shape index (κ1) is 18.0. The zero-order valence-corrected chi connectivity index (χ0v) is 16.3. The fourth-order valence-electron chi connectivity index (χ4n) is 2.70. The van der Waals surface area contributed by atoms with Crippen molar-refractivity contribution in [3.63, 3.8) is 0 Å². The summed E-state index contributed by atoms with van der Waals surface area (Å²) < 4.78 is 6.91. The highest BCUT2D eigenvalue weighted by Gasteiger charge is 2.22. The first-order chi connectivity index (χ1) is 12.1. The predicted octanol–water partition coefficient (Wildman–Crippen LogP) is 5.41. The van der Waals surface area contributed by atoms with Gasteiger partial charge in [-0.2, -0.15) is 0 Å². The monoisotopic (exact) mass is 374 g/mol. The lowest BCUT2D eigenvalue weighted by Gasteiger charge is -2.14. The second kappa shape index (κ2) is 8.06. The number of para-hydroxylation sites is 1. The molecule has 132 valence electrons. The number of nitrogens with zero attached hydrogens (tertiary/aromatic N) is 1. The normalized spacial score (nSPS) is 11.4. The minimum Gasteiger partial charge on any atom is -0.451 e. The molecule has 6 heteroatoms. The van der Waals surface area contributed by atoms with Gasteiger partial charge in [-0.1, -0.05) is 43.8 Å². The van der Waals surface area contributed by atoms with Crippen molar-refractivity contribution in [3.8, 4) is 0 Å². The van der Waals surface area contributed by atoms with Gasteiger partial charge in [-0.3, -0.25) is 4.79 Å². The zero-order valence-electron chi connectivity index (χ0n) is 14.7. The van der Waals surface area contributed by atoms with Crippen LogP contribution in [0.4, 0.5) is 0 Å². The molecular weight excluding hydrogens is 352 g/mol.